The highest BCUT2D eigenvalue weighted by Crippen LogP contribution is 2.34. The highest BCUT2D eigenvalue weighted by atomic mass is 16.2. The average Bonchev–Trinajstić information content (AvgIpc) is 2.17. The minimum Gasteiger partial charge on any atom is -0.396 e. The monoisotopic (exact) mass is 201 g/mol. The maximum absolute atomic E-state index is 7.88. The second-order valence-corrected chi connectivity index (χ2v) is 4.25. The van der Waals surface area contributed by atoms with Crippen molar-refractivity contribution in [3.05, 3.63) is 0 Å². The number of nitrogens with one attached hydrogen (secondary N) is 1. The third-order valence-corrected chi connectivity index (χ3v) is 3.30. The summed E-state index contributed by atoms with van der Waals surface area (Å²) in [5.74, 6) is 1.89. The molecule has 1 fully saturated rings. The van der Waals surface area contributed by atoms with E-state index in [0.717, 1.165) is 24.3 Å². The van der Waals surface area contributed by atoms with Crippen LogP contribution < -0.4 is 5.32 Å². The predicted octanol–water partition coefficient (Wildman–Crippen LogP) is 2.42. The van der Waals surface area contributed by atoms with E-state index in [9.17, 15) is 0 Å². The molecule has 14 heavy (non-hydrogen) atoms. The summed E-state index contributed by atoms with van der Waals surface area (Å²) in [6, 6.07) is 0.829. The van der Waals surface area contributed by atoms with Crippen molar-refractivity contribution in [1.82, 2.24) is 5.32 Å². The first-order valence-corrected chi connectivity index (χ1v) is 5.99. The number of hydrogen-bond acceptors (Lipinski definition) is 2. The lowest BCUT2D eigenvalue weighted by Crippen LogP contribution is -2.44. The number of aliphatic hydroxyl groups is 1. The lowest BCUT2D eigenvalue weighted by atomic mass is 9.71. The molecule has 2 nitrogen and oxygen atoms in total. The van der Waals surface area contributed by atoms with Gasteiger partial charge in [0, 0.05) is 12.6 Å². The SMILES string of the molecule is CCC(C)C1CCC1NC.CCCO. The summed E-state index contributed by atoms with van der Waals surface area (Å²) in [4.78, 5) is 0. The summed E-state index contributed by atoms with van der Waals surface area (Å²) in [5, 5.41) is 11.2. The van der Waals surface area contributed by atoms with Crippen LogP contribution in [0, 0.1) is 11.8 Å². The molecular formula is C12H27NO. The van der Waals surface area contributed by atoms with Gasteiger partial charge in [-0.25, -0.2) is 0 Å². The van der Waals surface area contributed by atoms with Crippen molar-refractivity contribution in [1.29, 1.82) is 0 Å². The van der Waals surface area contributed by atoms with Gasteiger partial charge in [-0.15, -0.1) is 0 Å². The molecule has 0 aromatic rings. The number of rotatable bonds is 4. The molecule has 0 aliphatic heterocycles. The van der Waals surface area contributed by atoms with Crippen LogP contribution in [-0.2, 0) is 0 Å². The van der Waals surface area contributed by atoms with E-state index < -0.39 is 0 Å². The smallest absolute Gasteiger partial charge is 0.0428 e. The molecule has 2 N–H and O–H groups in total. The molecule has 1 aliphatic carbocycles. The van der Waals surface area contributed by atoms with E-state index in [1.54, 1.807) is 0 Å². The second-order valence-electron chi connectivity index (χ2n) is 4.25. The summed E-state index contributed by atoms with van der Waals surface area (Å²) >= 11 is 0. The van der Waals surface area contributed by atoms with Crippen LogP contribution in [0.15, 0.2) is 0 Å². The quantitative estimate of drug-likeness (QED) is 0.732. The summed E-state index contributed by atoms with van der Waals surface area (Å²) in [5.41, 5.74) is 0. The number of hydrogen-bond donors (Lipinski definition) is 2. The first-order valence-electron chi connectivity index (χ1n) is 5.99. The van der Waals surface area contributed by atoms with E-state index in [1.807, 2.05) is 6.92 Å². The Morgan fingerprint density at radius 3 is 2.14 bits per heavy atom. The lowest BCUT2D eigenvalue weighted by molar-refractivity contribution is 0.149. The second kappa shape index (κ2) is 8.25. The van der Waals surface area contributed by atoms with E-state index in [2.05, 4.69) is 26.2 Å². The first-order chi connectivity index (χ1) is 6.71. The van der Waals surface area contributed by atoms with Gasteiger partial charge in [0.05, 0.1) is 0 Å². The van der Waals surface area contributed by atoms with Crippen molar-refractivity contribution in [3.8, 4) is 0 Å². The molecule has 1 rings (SSSR count). The van der Waals surface area contributed by atoms with Crippen LogP contribution in [0.5, 0.6) is 0 Å². The molecule has 0 saturated heterocycles. The van der Waals surface area contributed by atoms with Crippen LogP contribution in [0.1, 0.15) is 46.5 Å². The van der Waals surface area contributed by atoms with Crippen LogP contribution in [-0.4, -0.2) is 24.8 Å². The molecule has 86 valence electrons. The van der Waals surface area contributed by atoms with Gasteiger partial charge in [-0.3, -0.25) is 0 Å². The summed E-state index contributed by atoms with van der Waals surface area (Å²) in [6.45, 7) is 6.91. The average molecular weight is 201 g/mol. The first kappa shape index (κ1) is 13.9. The third-order valence-electron chi connectivity index (χ3n) is 3.30. The largest absolute Gasteiger partial charge is 0.396 e. The molecule has 1 saturated carbocycles. The van der Waals surface area contributed by atoms with Gasteiger partial charge in [0.1, 0.15) is 0 Å². The van der Waals surface area contributed by atoms with E-state index >= 15 is 0 Å². The fourth-order valence-electron chi connectivity index (χ4n) is 1.87. The minimum absolute atomic E-state index is 0.319. The molecule has 1 aliphatic rings. The fourth-order valence-corrected chi connectivity index (χ4v) is 1.87. The van der Waals surface area contributed by atoms with Gasteiger partial charge in [0.25, 0.3) is 0 Å². The van der Waals surface area contributed by atoms with Gasteiger partial charge in [-0.1, -0.05) is 27.2 Å². The van der Waals surface area contributed by atoms with E-state index in [4.69, 9.17) is 5.11 Å². The summed E-state index contributed by atoms with van der Waals surface area (Å²) in [7, 11) is 2.08. The van der Waals surface area contributed by atoms with Crippen LogP contribution in [0.3, 0.4) is 0 Å². The molecule has 0 spiro atoms. The molecule has 2 heteroatoms. The fraction of sp³-hybridized carbons (Fsp3) is 1.00. The number of aliphatic hydroxyl groups excluding tert-OH is 1. The molecule has 0 bridgehead atoms. The van der Waals surface area contributed by atoms with Crippen molar-refractivity contribution in [3.63, 3.8) is 0 Å². The molecule has 3 atom stereocenters. The molecule has 3 unspecified atom stereocenters. The van der Waals surface area contributed by atoms with Crippen molar-refractivity contribution >= 4 is 0 Å². The lowest BCUT2D eigenvalue weighted by Gasteiger charge is -2.40. The standard InChI is InChI=1S/C9H19N.C3H8O/c1-4-7(2)8-5-6-9(8)10-3;1-2-3-4/h7-10H,4-6H2,1-3H3;4H,2-3H2,1H3. The van der Waals surface area contributed by atoms with Gasteiger partial charge in [-0.2, -0.15) is 0 Å². The van der Waals surface area contributed by atoms with Crippen LogP contribution >= 0.6 is 0 Å². The Balaban J connectivity index is 0.000000364. The Morgan fingerprint density at radius 1 is 1.36 bits per heavy atom. The zero-order chi connectivity index (χ0) is 11.0. The van der Waals surface area contributed by atoms with Crippen molar-refractivity contribution in [2.75, 3.05) is 13.7 Å². The van der Waals surface area contributed by atoms with Crippen molar-refractivity contribution in [2.24, 2.45) is 11.8 Å². The van der Waals surface area contributed by atoms with Crippen LogP contribution in [0.25, 0.3) is 0 Å². The summed E-state index contributed by atoms with van der Waals surface area (Å²) < 4.78 is 0. The maximum atomic E-state index is 7.88. The molecule has 0 heterocycles. The zero-order valence-electron chi connectivity index (χ0n) is 10.2. The Labute approximate surface area is 89.1 Å². The highest BCUT2D eigenvalue weighted by Gasteiger charge is 2.32. The molecule has 0 aromatic carbocycles. The Morgan fingerprint density at radius 2 is 1.93 bits per heavy atom. The van der Waals surface area contributed by atoms with Crippen molar-refractivity contribution < 1.29 is 5.11 Å². The van der Waals surface area contributed by atoms with Gasteiger partial charge in [0.2, 0.25) is 0 Å². The normalized spacial score (nSPS) is 27.2. The van der Waals surface area contributed by atoms with Gasteiger partial charge in [-0.05, 0) is 38.1 Å². The van der Waals surface area contributed by atoms with E-state index in [-0.39, 0.29) is 0 Å². The Bertz CT molecular complexity index is 117. The topological polar surface area (TPSA) is 32.3 Å². The summed E-state index contributed by atoms with van der Waals surface area (Å²) in [6.07, 6.45) is 5.05. The third kappa shape index (κ3) is 4.43. The minimum atomic E-state index is 0.319. The maximum Gasteiger partial charge on any atom is 0.0428 e. The zero-order valence-corrected chi connectivity index (χ0v) is 10.2. The highest BCUT2D eigenvalue weighted by molar-refractivity contribution is 4.88. The molecule has 0 amide bonds. The van der Waals surface area contributed by atoms with E-state index in [0.29, 0.717) is 6.61 Å². The Kier molecular flexibility index (Phi) is 8.20. The van der Waals surface area contributed by atoms with Gasteiger partial charge < -0.3 is 10.4 Å². The molecule has 0 aromatic heterocycles. The van der Waals surface area contributed by atoms with Crippen molar-refractivity contribution in [2.45, 2.75) is 52.5 Å². The Hall–Kier alpha value is -0.0800. The van der Waals surface area contributed by atoms with E-state index in [1.165, 1.54) is 19.3 Å². The van der Waals surface area contributed by atoms with Gasteiger partial charge in [0.15, 0.2) is 0 Å². The van der Waals surface area contributed by atoms with Crippen LogP contribution in [0.4, 0.5) is 0 Å². The molecule has 0 radical (unpaired) electrons. The molecular weight excluding hydrogens is 174 g/mol. The van der Waals surface area contributed by atoms with Crippen LogP contribution in [0.2, 0.25) is 0 Å². The van der Waals surface area contributed by atoms with Gasteiger partial charge >= 0.3 is 0 Å². The predicted molar refractivity (Wildman–Crippen MR) is 62.4 cm³/mol.